The Labute approximate surface area is 143 Å². The van der Waals surface area contributed by atoms with Crippen molar-refractivity contribution >= 4 is 10.0 Å². The van der Waals surface area contributed by atoms with Crippen LogP contribution in [0.5, 0.6) is 5.88 Å². The summed E-state index contributed by atoms with van der Waals surface area (Å²) in [5, 5.41) is 7.84. The molecule has 25 heavy (non-hydrogen) atoms. The molecule has 7 nitrogen and oxygen atoms in total. The van der Waals surface area contributed by atoms with Crippen LogP contribution in [-0.2, 0) is 10.0 Å². The molecule has 0 amide bonds. The fourth-order valence-electron chi connectivity index (χ4n) is 2.00. The van der Waals surface area contributed by atoms with Crippen LogP contribution in [0.15, 0.2) is 64.1 Å². The second kappa shape index (κ2) is 7.41. The first-order valence-corrected chi connectivity index (χ1v) is 8.78. The molecule has 0 radical (unpaired) electrons. The van der Waals surface area contributed by atoms with Gasteiger partial charge in [-0.25, -0.2) is 17.5 Å². The zero-order chi connectivity index (χ0) is 17.7. The van der Waals surface area contributed by atoms with Crippen LogP contribution in [0.3, 0.4) is 0 Å². The Morgan fingerprint density at radius 2 is 2.00 bits per heavy atom. The molecule has 0 bridgehead atoms. The molecule has 9 heteroatoms. The van der Waals surface area contributed by atoms with Gasteiger partial charge in [-0.3, -0.25) is 0 Å². The first kappa shape index (κ1) is 17.1. The molecular weight excluding hydrogens is 349 g/mol. The third-order valence-corrected chi connectivity index (χ3v) is 4.62. The van der Waals surface area contributed by atoms with Crippen LogP contribution in [0, 0.1) is 5.82 Å². The van der Waals surface area contributed by atoms with Crippen molar-refractivity contribution in [1.29, 1.82) is 0 Å². The van der Waals surface area contributed by atoms with E-state index in [0.29, 0.717) is 11.5 Å². The van der Waals surface area contributed by atoms with Crippen molar-refractivity contribution in [2.45, 2.75) is 4.90 Å². The molecule has 0 unspecified atom stereocenters. The highest BCUT2D eigenvalue weighted by molar-refractivity contribution is 7.89. The fourth-order valence-corrected chi connectivity index (χ4v) is 3.05. The second-order valence-corrected chi connectivity index (χ2v) is 6.70. The lowest BCUT2D eigenvalue weighted by atomic mass is 10.3. The number of aromatic nitrogens is 2. The third-order valence-electron chi connectivity index (χ3n) is 3.16. The van der Waals surface area contributed by atoms with Gasteiger partial charge in [0, 0.05) is 12.6 Å². The molecule has 0 saturated carbocycles. The minimum Gasteiger partial charge on any atom is -0.475 e. The van der Waals surface area contributed by atoms with Gasteiger partial charge in [-0.15, -0.1) is 10.2 Å². The molecule has 0 atom stereocenters. The molecule has 0 saturated heterocycles. The van der Waals surface area contributed by atoms with E-state index in [1.165, 1.54) is 24.5 Å². The summed E-state index contributed by atoms with van der Waals surface area (Å²) in [5.74, 6) is 0.216. The number of benzene rings is 1. The summed E-state index contributed by atoms with van der Waals surface area (Å²) in [5.41, 5.74) is 0.559. The van der Waals surface area contributed by atoms with Crippen molar-refractivity contribution in [3.8, 4) is 17.3 Å². The SMILES string of the molecule is O=S(=O)(NCCOc1ccc(-c2ccco2)nn1)c1cccc(F)c1. The predicted molar refractivity (Wildman–Crippen MR) is 86.8 cm³/mol. The van der Waals surface area contributed by atoms with Crippen LogP contribution in [0.25, 0.3) is 11.5 Å². The van der Waals surface area contributed by atoms with E-state index in [0.717, 1.165) is 6.07 Å². The van der Waals surface area contributed by atoms with Gasteiger partial charge >= 0.3 is 0 Å². The molecule has 0 aliphatic heterocycles. The molecular formula is C16H14FN3O4S. The van der Waals surface area contributed by atoms with Crippen molar-refractivity contribution in [2.24, 2.45) is 0 Å². The second-order valence-electron chi connectivity index (χ2n) is 4.94. The van der Waals surface area contributed by atoms with Crippen molar-refractivity contribution in [3.63, 3.8) is 0 Å². The van der Waals surface area contributed by atoms with Gasteiger partial charge in [0.15, 0.2) is 5.76 Å². The molecule has 1 aromatic carbocycles. The summed E-state index contributed by atoms with van der Waals surface area (Å²) in [6, 6.07) is 11.5. The largest absolute Gasteiger partial charge is 0.475 e. The number of furan rings is 1. The van der Waals surface area contributed by atoms with Crippen LogP contribution in [0.4, 0.5) is 4.39 Å². The zero-order valence-electron chi connectivity index (χ0n) is 12.9. The summed E-state index contributed by atoms with van der Waals surface area (Å²) >= 11 is 0. The average Bonchev–Trinajstić information content (AvgIpc) is 3.14. The highest BCUT2D eigenvalue weighted by atomic mass is 32.2. The van der Waals surface area contributed by atoms with Crippen molar-refractivity contribution < 1.29 is 22.0 Å². The molecule has 0 aliphatic carbocycles. The first-order chi connectivity index (χ1) is 12.0. The average molecular weight is 363 g/mol. The topological polar surface area (TPSA) is 94.3 Å². The van der Waals surface area contributed by atoms with E-state index in [2.05, 4.69) is 14.9 Å². The number of ether oxygens (including phenoxy) is 1. The van der Waals surface area contributed by atoms with E-state index >= 15 is 0 Å². The van der Waals surface area contributed by atoms with Gasteiger partial charge in [-0.1, -0.05) is 6.07 Å². The van der Waals surface area contributed by atoms with Crippen molar-refractivity contribution in [1.82, 2.24) is 14.9 Å². The van der Waals surface area contributed by atoms with E-state index in [9.17, 15) is 12.8 Å². The number of nitrogens with one attached hydrogen (secondary N) is 1. The lowest BCUT2D eigenvalue weighted by Crippen LogP contribution is -2.28. The quantitative estimate of drug-likeness (QED) is 0.647. The molecule has 0 spiro atoms. The molecule has 0 aliphatic rings. The minimum atomic E-state index is -3.79. The van der Waals surface area contributed by atoms with Crippen LogP contribution < -0.4 is 9.46 Å². The Hall–Kier alpha value is -2.78. The number of hydrogen-bond donors (Lipinski definition) is 1. The van der Waals surface area contributed by atoms with Crippen LogP contribution in [-0.4, -0.2) is 31.8 Å². The van der Waals surface area contributed by atoms with Crippen molar-refractivity contribution in [2.75, 3.05) is 13.2 Å². The predicted octanol–water partition coefficient (Wildman–Crippen LogP) is 2.23. The molecule has 3 rings (SSSR count). The first-order valence-electron chi connectivity index (χ1n) is 7.30. The maximum absolute atomic E-state index is 13.1. The number of nitrogens with zero attached hydrogens (tertiary/aromatic N) is 2. The Morgan fingerprint density at radius 1 is 1.12 bits per heavy atom. The van der Waals surface area contributed by atoms with Gasteiger partial charge in [-0.05, 0) is 36.4 Å². The highest BCUT2D eigenvalue weighted by Gasteiger charge is 2.14. The number of hydrogen-bond acceptors (Lipinski definition) is 6. The Balaban J connectivity index is 1.51. The van der Waals surface area contributed by atoms with E-state index in [4.69, 9.17) is 9.15 Å². The van der Waals surface area contributed by atoms with Crippen LogP contribution >= 0.6 is 0 Å². The highest BCUT2D eigenvalue weighted by Crippen LogP contribution is 2.17. The number of sulfonamides is 1. The molecule has 2 aromatic heterocycles. The monoisotopic (exact) mass is 363 g/mol. The van der Waals surface area contributed by atoms with Gasteiger partial charge in [0.2, 0.25) is 15.9 Å². The maximum Gasteiger partial charge on any atom is 0.240 e. The maximum atomic E-state index is 13.1. The van der Waals surface area contributed by atoms with E-state index in [-0.39, 0.29) is 23.9 Å². The Kier molecular flexibility index (Phi) is 5.05. The standard InChI is InChI=1S/C16H14FN3O4S/c17-12-3-1-4-13(11-12)25(21,22)18-8-10-24-16-7-6-14(19-20-16)15-5-2-9-23-15/h1-7,9,11,18H,8,10H2. The fraction of sp³-hybridized carbons (Fsp3) is 0.125. The van der Waals surface area contributed by atoms with Gasteiger partial charge in [0.05, 0.1) is 11.2 Å². The van der Waals surface area contributed by atoms with E-state index in [1.807, 2.05) is 0 Å². The van der Waals surface area contributed by atoms with Gasteiger partial charge in [0.1, 0.15) is 18.1 Å². The normalized spacial score (nSPS) is 11.4. The van der Waals surface area contributed by atoms with Gasteiger partial charge in [0.25, 0.3) is 0 Å². The molecule has 130 valence electrons. The zero-order valence-corrected chi connectivity index (χ0v) is 13.7. The smallest absolute Gasteiger partial charge is 0.240 e. The third kappa shape index (κ3) is 4.40. The molecule has 0 fully saturated rings. The summed E-state index contributed by atoms with van der Waals surface area (Å²) in [7, 11) is -3.79. The Bertz CT molecular complexity index is 928. The lowest BCUT2D eigenvalue weighted by Gasteiger charge is -2.08. The van der Waals surface area contributed by atoms with E-state index in [1.54, 1.807) is 24.3 Å². The molecule has 2 heterocycles. The summed E-state index contributed by atoms with van der Waals surface area (Å²) in [6.07, 6.45) is 1.53. The summed E-state index contributed by atoms with van der Waals surface area (Å²) in [6.45, 7) is 0.0454. The van der Waals surface area contributed by atoms with E-state index < -0.39 is 15.8 Å². The van der Waals surface area contributed by atoms with Crippen molar-refractivity contribution in [3.05, 3.63) is 60.6 Å². The Morgan fingerprint density at radius 3 is 2.68 bits per heavy atom. The molecule has 1 N–H and O–H groups in total. The lowest BCUT2D eigenvalue weighted by molar-refractivity contribution is 0.307. The minimum absolute atomic E-state index is 0.000458. The number of rotatable bonds is 7. The molecule has 3 aromatic rings. The van der Waals surface area contributed by atoms with Crippen LogP contribution in [0.2, 0.25) is 0 Å². The van der Waals surface area contributed by atoms with Crippen LogP contribution in [0.1, 0.15) is 0 Å². The summed E-state index contributed by atoms with van der Waals surface area (Å²) < 4.78 is 50.0. The van der Waals surface area contributed by atoms with Gasteiger partial charge in [-0.2, -0.15) is 0 Å². The summed E-state index contributed by atoms with van der Waals surface area (Å²) in [4.78, 5) is -0.143. The number of halogens is 1. The van der Waals surface area contributed by atoms with Gasteiger partial charge < -0.3 is 9.15 Å².